The summed E-state index contributed by atoms with van der Waals surface area (Å²) in [6.07, 6.45) is 0.798. The third-order valence-electron chi connectivity index (χ3n) is 3.80. The van der Waals surface area contributed by atoms with Gasteiger partial charge in [-0.3, -0.25) is 0 Å². The number of carbonyl (C=O) groups is 1. The van der Waals surface area contributed by atoms with Crippen molar-refractivity contribution in [2.45, 2.75) is 25.0 Å². The Morgan fingerprint density at radius 2 is 2.00 bits per heavy atom. The molecule has 0 bridgehead atoms. The molecule has 1 fully saturated rings. The maximum Gasteiger partial charge on any atom is 0.315 e. The summed E-state index contributed by atoms with van der Waals surface area (Å²) in [5, 5.41) is 15.8. The highest BCUT2D eigenvalue weighted by Crippen LogP contribution is 2.29. The molecule has 0 spiro atoms. The topological polar surface area (TPSA) is 89.1 Å². The second-order valence-corrected chi connectivity index (χ2v) is 5.37. The van der Waals surface area contributed by atoms with E-state index in [2.05, 4.69) is 10.6 Å². The summed E-state index contributed by atoms with van der Waals surface area (Å²) in [6.45, 7) is 1.45. The van der Waals surface area contributed by atoms with Crippen LogP contribution in [0.5, 0.6) is 11.5 Å². The van der Waals surface area contributed by atoms with Crippen LogP contribution in [0.25, 0.3) is 0 Å². The molecular weight excluding hydrogens is 300 g/mol. The molecule has 128 valence electrons. The van der Waals surface area contributed by atoms with E-state index >= 15 is 0 Å². The van der Waals surface area contributed by atoms with Gasteiger partial charge in [0, 0.05) is 25.8 Å². The number of urea groups is 1. The van der Waals surface area contributed by atoms with E-state index in [0.29, 0.717) is 30.3 Å². The van der Waals surface area contributed by atoms with Crippen LogP contribution in [0.1, 0.15) is 24.5 Å². The fourth-order valence-corrected chi connectivity index (χ4v) is 2.45. The molecule has 0 aromatic heterocycles. The van der Waals surface area contributed by atoms with Crippen LogP contribution in [-0.4, -0.2) is 51.2 Å². The van der Waals surface area contributed by atoms with Crippen LogP contribution in [0.3, 0.4) is 0 Å². The Morgan fingerprint density at radius 1 is 1.30 bits per heavy atom. The van der Waals surface area contributed by atoms with Crippen LogP contribution >= 0.6 is 0 Å². The zero-order chi connectivity index (χ0) is 16.7. The summed E-state index contributed by atoms with van der Waals surface area (Å²) in [5.41, 5.74) is 0.647. The van der Waals surface area contributed by atoms with Crippen molar-refractivity contribution in [3.63, 3.8) is 0 Å². The van der Waals surface area contributed by atoms with Crippen molar-refractivity contribution in [3.05, 3.63) is 23.8 Å². The monoisotopic (exact) mass is 324 g/mol. The van der Waals surface area contributed by atoms with E-state index in [-0.39, 0.29) is 18.6 Å². The Kier molecular flexibility index (Phi) is 6.49. The minimum absolute atomic E-state index is 0.116. The summed E-state index contributed by atoms with van der Waals surface area (Å²) in [5.74, 6) is 1.13. The lowest BCUT2D eigenvalue weighted by molar-refractivity contribution is 0.0798. The normalized spacial score (nSPS) is 16.5. The molecule has 0 saturated carbocycles. The Morgan fingerprint density at radius 3 is 2.65 bits per heavy atom. The first-order valence-electron chi connectivity index (χ1n) is 7.66. The number of amides is 2. The minimum Gasteiger partial charge on any atom is -0.493 e. The molecular formula is C16H24N2O5. The number of carbonyl (C=O) groups excluding carboxylic acids is 1. The number of nitrogens with one attached hydrogen (secondary N) is 2. The maximum absolute atomic E-state index is 11.9. The number of hydrogen-bond acceptors (Lipinski definition) is 5. The molecule has 23 heavy (non-hydrogen) atoms. The van der Waals surface area contributed by atoms with E-state index < -0.39 is 6.10 Å². The van der Waals surface area contributed by atoms with Crippen molar-refractivity contribution in [2.24, 2.45) is 0 Å². The third-order valence-corrected chi connectivity index (χ3v) is 3.80. The van der Waals surface area contributed by atoms with E-state index in [1.54, 1.807) is 25.3 Å². The van der Waals surface area contributed by atoms with Gasteiger partial charge >= 0.3 is 6.03 Å². The van der Waals surface area contributed by atoms with Crippen molar-refractivity contribution in [3.8, 4) is 11.5 Å². The molecule has 7 nitrogen and oxygen atoms in total. The van der Waals surface area contributed by atoms with E-state index in [0.717, 1.165) is 12.8 Å². The molecule has 1 saturated heterocycles. The van der Waals surface area contributed by atoms with Crippen LogP contribution in [-0.2, 0) is 4.74 Å². The Labute approximate surface area is 135 Å². The Bertz CT molecular complexity index is 517. The quantitative estimate of drug-likeness (QED) is 0.732. The van der Waals surface area contributed by atoms with Gasteiger partial charge in [-0.15, -0.1) is 0 Å². The fraction of sp³-hybridized carbons (Fsp3) is 0.562. The molecule has 2 amide bonds. The molecule has 1 aromatic carbocycles. The molecule has 2 rings (SSSR count). The van der Waals surface area contributed by atoms with Gasteiger partial charge in [-0.1, -0.05) is 6.07 Å². The number of ether oxygens (including phenoxy) is 3. The smallest absolute Gasteiger partial charge is 0.315 e. The molecule has 0 unspecified atom stereocenters. The largest absolute Gasteiger partial charge is 0.493 e. The lowest BCUT2D eigenvalue weighted by Crippen LogP contribution is -2.45. The van der Waals surface area contributed by atoms with Crippen LogP contribution in [0.15, 0.2) is 18.2 Å². The van der Waals surface area contributed by atoms with Gasteiger partial charge in [0.25, 0.3) is 0 Å². The summed E-state index contributed by atoms with van der Waals surface area (Å²) in [7, 11) is 3.09. The number of rotatable bonds is 6. The van der Waals surface area contributed by atoms with E-state index in [1.807, 2.05) is 0 Å². The zero-order valence-corrected chi connectivity index (χ0v) is 13.5. The molecule has 3 N–H and O–H groups in total. The van der Waals surface area contributed by atoms with E-state index in [1.165, 1.54) is 7.11 Å². The molecule has 1 aliphatic rings. The van der Waals surface area contributed by atoms with Gasteiger partial charge < -0.3 is 30.0 Å². The maximum atomic E-state index is 11.9. The number of methoxy groups -OCH3 is 2. The van der Waals surface area contributed by atoms with Gasteiger partial charge in [0.1, 0.15) is 0 Å². The molecule has 1 aliphatic heterocycles. The first-order valence-corrected chi connectivity index (χ1v) is 7.66. The second kappa shape index (κ2) is 8.59. The predicted molar refractivity (Wildman–Crippen MR) is 84.9 cm³/mol. The summed E-state index contributed by atoms with van der Waals surface area (Å²) >= 11 is 0. The molecule has 1 aromatic rings. The first-order chi connectivity index (χ1) is 11.1. The highest BCUT2D eigenvalue weighted by atomic mass is 16.5. The minimum atomic E-state index is -0.824. The third kappa shape index (κ3) is 5.01. The number of benzene rings is 1. The molecule has 0 aliphatic carbocycles. The van der Waals surface area contributed by atoms with Crippen molar-refractivity contribution < 1.29 is 24.1 Å². The zero-order valence-electron chi connectivity index (χ0n) is 13.5. The van der Waals surface area contributed by atoms with Crippen LogP contribution in [0, 0.1) is 0 Å². The lowest BCUT2D eigenvalue weighted by atomic mass is 10.1. The second-order valence-electron chi connectivity index (χ2n) is 5.37. The van der Waals surface area contributed by atoms with Crippen molar-refractivity contribution >= 4 is 6.03 Å². The van der Waals surface area contributed by atoms with Crippen LogP contribution in [0.2, 0.25) is 0 Å². The van der Waals surface area contributed by atoms with Gasteiger partial charge in [-0.05, 0) is 30.5 Å². The molecule has 1 atom stereocenters. The Hall–Kier alpha value is -1.99. The number of aliphatic hydroxyl groups is 1. The van der Waals surface area contributed by atoms with E-state index in [9.17, 15) is 9.90 Å². The molecule has 7 heteroatoms. The van der Waals surface area contributed by atoms with Crippen LogP contribution in [0.4, 0.5) is 4.79 Å². The van der Waals surface area contributed by atoms with E-state index in [4.69, 9.17) is 14.2 Å². The first kappa shape index (κ1) is 17.4. The summed E-state index contributed by atoms with van der Waals surface area (Å²) in [4.78, 5) is 11.9. The number of hydrogen-bond donors (Lipinski definition) is 3. The van der Waals surface area contributed by atoms with Gasteiger partial charge in [0.15, 0.2) is 11.5 Å². The number of aliphatic hydroxyl groups excluding tert-OH is 1. The van der Waals surface area contributed by atoms with Gasteiger partial charge in [0.2, 0.25) is 0 Å². The van der Waals surface area contributed by atoms with Gasteiger partial charge in [-0.25, -0.2) is 4.79 Å². The average Bonchev–Trinajstić information content (AvgIpc) is 2.59. The molecule has 0 radical (unpaired) electrons. The summed E-state index contributed by atoms with van der Waals surface area (Å²) < 4.78 is 15.6. The highest BCUT2D eigenvalue weighted by Gasteiger charge is 2.17. The van der Waals surface area contributed by atoms with Crippen molar-refractivity contribution in [1.29, 1.82) is 0 Å². The standard InChI is InChI=1S/C16H24N2O5/c1-21-14-4-3-11(9-15(14)22-2)13(19)10-17-16(20)18-12-5-7-23-8-6-12/h3-4,9,12-13,19H,5-8,10H2,1-2H3,(H2,17,18,20)/t13-/m1/s1. The van der Waals surface area contributed by atoms with Gasteiger partial charge in [0.05, 0.1) is 20.3 Å². The Balaban J connectivity index is 1.83. The van der Waals surface area contributed by atoms with Crippen LogP contribution < -0.4 is 20.1 Å². The van der Waals surface area contributed by atoms with Gasteiger partial charge in [-0.2, -0.15) is 0 Å². The lowest BCUT2D eigenvalue weighted by Gasteiger charge is -2.23. The fourth-order valence-electron chi connectivity index (χ4n) is 2.45. The SMILES string of the molecule is COc1ccc([C@H](O)CNC(=O)NC2CCOCC2)cc1OC. The molecule has 1 heterocycles. The highest BCUT2D eigenvalue weighted by molar-refractivity contribution is 5.74. The van der Waals surface area contributed by atoms with Crippen molar-refractivity contribution in [1.82, 2.24) is 10.6 Å². The predicted octanol–water partition coefficient (Wildman–Crippen LogP) is 1.22. The van der Waals surface area contributed by atoms with Crippen molar-refractivity contribution in [2.75, 3.05) is 34.0 Å². The summed E-state index contributed by atoms with van der Waals surface area (Å²) in [6, 6.07) is 5.00. The average molecular weight is 324 g/mol.